The Hall–Kier alpha value is -2.34. The molecule has 0 saturated carbocycles. The van der Waals surface area contributed by atoms with Gasteiger partial charge >= 0.3 is 0 Å². The molecule has 1 aromatic heterocycles. The van der Waals surface area contributed by atoms with E-state index in [1.165, 1.54) is 0 Å². The normalized spacial score (nSPS) is 15.4. The summed E-state index contributed by atoms with van der Waals surface area (Å²) >= 11 is 1.61. The maximum Gasteiger partial charge on any atom is 0.258 e. The summed E-state index contributed by atoms with van der Waals surface area (Å²) in [5.41, 5.74) is 0.876. The van der Waals surface area contributed by atoms with Gasteiger partial charge in [-0.2, -0.15) is 0 Å². The summed E-state index contributed by atoms with van der Waals surface area (Å²) in [6, 6.07) is 11.2. The number of carbonyl (C=O) groups is 2. The summed E-state index contributed by atoms with van der Waals surface area (Å²) in [6.45, 7) is 2.69. The molecular weight excluding hydrogens is 324 g/mol. The Labute approximate surface area is 145 Å². The second-order valence-corrected chi connectivity index (χ2v) is 6.72. The highest BCUT2D eigenvalue weighted by molar-refractivity contribution is 7.10. The summed E-state index contributed by atoms with van der Waals surface area (Å²) < 4.78 is 5.52. The van der Waals surface area contributed by atoms with Crippen LogP contribution in [0.1, 0.15) is 30.7 Å². The molecule has 5 nitrogen and oxygen atoms in total. The molecular formula is C18H20N2O3S. The first-order valence-electron chi connectivity index (χ1n) is 7.99. The van der Waals surface area contributed by atoms with E-state index >= 15 is 0 Å². The minimum Gasteiger partial charge on any atom is -0.484 e. The molecule has 0 aliphatic carbocycles. The van der Waals surface area contributed by atoms with Crippen LogP contribution in [0, 0.1) is 0 Å². The van der Waals surface area contributed by atoms with E-state index in [0.717, 1.165) is 23.5 Å². The average molecular weight is 344 g/mol. The SMILES string of the molecule is C[C@@H](NC(=O)COc1ccc(N2CCCC2=O)cc1)c1cccs1. The standard InChI is InChI=1S/C18H20N2O3S/c1-13(16-4-3-11-24-16)19-17(21)12-23-15-8-6-14(7-9-15)20-10-2-5-18(20)22/h3-4,6-9,11,13H,2,5,10,12H2,1H3,(H,19,21)/t13-/m1/s1. The highest BCUT2D eigenvalue weighted by Crippen LogP contribution is 2.24. The van der Waals surface area contributed by atoms with E-state index in [4.69, 9.17) is 4.74 Å². The molecule has 2 heterocycles. The Morgan fingerprint density at radius 1 is 1.33 bits per heavy atom. The van der Waals surface area contributed by atoms with Crippen LogP contribution in [0.4, 0.5) is 5.69 Å². The van der Waals surface area contributed by atoms with Crippen LogP contribution in [0.2, 0.25) is 0 Å². The van der Waals surface area contributed by atoms with E-state index in [1.54, 1.807) is 28.4 Å². The van der Waals surface area contributed by atoms with E-state index < -0.39 is 0 Å². The zero-order valence-electron chi connectivity index (χ0n) is 13.5. The van der Waals surface area contributed by atoms with Crippen molar-refractivity contribution in [3.8, 4) is 5.75 Å². The highest BCUT2D eigenvalue weighted by Gasteiger charge is 2.21. The number of hydrogen-bond donors (Lipinski definition) is 1. The van der Waals surface area contributed by atoms with Crippen LogP contribution in [-0.4, -0.2) is 25.0 Å². The summed E-state index contributed by atoms with van der Waals surface area (Å²) in [6.07, 6.45) is 1.51. The summed E-state index contributed by atoms with van der Waals surface area (Å²) in [7, 11) is 0. The van der Waals surface area contributed by atoms with Gasteiger partial charge in [-0.15, -0.1) is 11.3 Å². The second kappa shape index (κ2) is 7.49. The number of ether oxygens (including phenoxy) is 1. The number of nitrogens with zero attached hydrogens (tertiary/aromatic N) is 1. The van der Waals surface area contributed by atoms with Crippen molar-refractivity contribution >= 4 is 28.8 Å². The predicted molar refractivity (Wildman–Crippen MR) is 94.4 cm³/mol. The molecule has 2 amide bonds. The van der Waals surface area contributed by atoms with Crippen LogP contribution < -0.4 is 15.0 Å². The number of amides is 2. The first-order valence-corrected chi connectivity index (χ1v) is 8.87. The Morgan fingerprint density at radius 3 is 2.75 bits per heavy atom. The molecule has 1 fully saturated rings. The molecule has 6 heteroatoms. The van der Waals surface area contributed by atoms with Gasteiger partial charge in [0.1, 0.15) is 5.75 Å². The van der Waals surface area contributed by atoms with Crippen molar-refractivity contribution in [1.29, 1.82) is 0 Å². The number of benzene rings is 1. The molecule has 1 N–H and O–H groups in total. The predicted octanol–water partition coefficient (Wildman–Crippen LogP) is 3.13. The number of nitrogens with one attached hydrogen (secondary N) is 1. The molecule has 3 rings (SSSR count). The second-order valence-electron chi connectivity index (χ2n) is 5.74. The van der Waals surface area contributed by atoms with Crippen molar-refractivity contribution < 1.29 is 14.3 Å². The smallest absolute Gasteiger partial charge is 0.258 e. The maximum absolute atomic E-state index is 12.0. The zero-order chi connectivity index (χ0) is 16.9. The third kappa shape index (κ3) is 3.94. The minimum absolute atomic E-state index is 0.0235. The number of rotatable bonds is 6. The third-order valence-electron chi connectivity index (χ3n) is 3.94. The van der Waals surface area contributed by atoms with Crippen molar-refractivity contribution in [2.45, 2.75) is 25.8 Å². The molecule has 2 aromatic rings. The van der Waals surface area contributed by atoms with Gasteiger partial charge < -0.3 is 15.0 Å². The molecule has 1 atom stereocenters. The lowest BCUT2D eigenvalue weighted by molar-refractivity contribution is -0.123. The Bertz CT molecular complexity index is 698. The number of thiophene rings is 1. The van der Waals surface area contributed by atoms with Gasteiger partial charge in [0.05, 0.1) is 6.04 Å². The van der Waals surface area contributed by atoms with Crippen LogP contribution in [0.5, 0.6) is 5.75 Å². The molecule has 1 saturated heterocycles. The molecule has 126 valence electrons. The molecule has 1 aliphatic heterocycles. The highest BCUT2D eigenvalue weighted by atomic mass is 32.1. The molecule has 0 radical (unpaired) electrons. The van der Waals surface area contributed by atoms with Crippen molar-refractivity contribution in [1.82, 2.24) is 5.32 Å². The lowest BCUT2D eigenvalue weighted by Gasteiger charge is -2.16. The van der Waals surface area contributed by atoms with E-state index in [2.05, 4.69) is 5.32 Å². The van der Waals surface area contributed by atoms with Gasteiger partial charge in [-0.1, -0.05) is 6.07 Å². The Morgan fingerprint density at radius 2 is 2.12 bits per heavy atom. The van der Waals surface area contributed by atoms with Crippen molar-refractivity contribution in [3.05, 3.63) is 46.7 Å². The fraction of sp³-hybridized carbons (Fsp3) is 0.333. The summed E-state index contributed by atoms with van der Waals surface area (Å²) in [5, 5.41) is 4.90. The van der Waals surface area contributed by atoms with Crippen molar-refractivity contribution in [3.63, 3.8) is 0 Å². The third-order valence-corrected chi connectivity index (χ3v) is 4.99. The van der Waals surface area contributed by atoms with Crippen LogP contribution in [-0.2, 0) is 9.59 Å². The van der Waals surface area contributed by atoms with Gasteiger partial charge in [0.2, 0.25) is 5.91 Å². The fourth-order valence-electron chi connectivity index (χ4n) is 2.68. The lowest BCUT2D eigenvalue weighted by atomic mass is 10.2. The minimum atomic E-state index is -0.158. The van der Waals surface area contributed by atoms with E-state index in [9.17, 15) is 9.59 Å². The molecule has 0 spiro atoms. The maximum atomic E-state index is 12.0. The van der Waals surface area contributed by atoms with Gasteiger partial charge in [-0.05, 0) is 49.1 Å². The number of anilines is 1. The van der Waals surface area contributed by atoms with E-state index in [1.807, 2.05) is 36.6 Å². The molecule has 1 aromatic carbocycles. The van der Waals surface area contributed by atoms with Gasteiger partial charge in [-0.25, -0.2) is 0 Å². The molecule has 0 unspecified atom stereocenters. The van der Waals surface area contributed by atoms with Crippen LogP contribution >= 0.6 is 11.3 Å². The van der Waals surface area contributed by atoms with Gasteiger partial charge in [0.25, 0.3) is 5.91 Å². The monoisotopic (exact) mass is 344 g/mol. The molecule has 0 bridgehead atoms. The van der Waals surface area contributed by atoms with Gasteiger partial charge in [-0.3, -0.25) is 9.59 Å². The summed E-state index contributed by atoms with van der Waals surface area (Å²) in [4.78, 5) is 26.6. The Kier molecular flexibility index (Phi) is 5.15. The number of carbonyl (C=O) groups excluding carboxylic acids is 2. The Balaban J connectivity index is 1.49. The topological polar surface area (TPSA) is 58.6 Å². The number of hydrogen-bond acceptors (Lipinski definition) is 4. The lowest BCUT2D eigenvalue weighted by Crippen LogP contribution is -2.30. The van der Waals surface area contributed by atoms with Gasteiger partial charge in [0, 0.05) is 23.5 Å². The molecule has 24 heavy (non-hydrogen) atoms. The van der Waals surface area contributed by atoms with E-state index in [0.29, 0.717) is 12.2 Å². The van der Waals surface area contributed by atoms with Crippen molar-refractivity contribution in [2.24, 2.45) is 0 Å². The first-order chi connectivity index (χ1) is 11.6. The molecule has 1 aliphatic rings. The first kappa shape index (κ1) is 16.5. The van der Waals surface area contributed by atoms with E-state index in [-0.39, 0.29) is 24.5 Å². The van der Waals surface area contributed by atoms with Crippen molar-refractivity contribution in [2.75, 3.05) is 18.1 Å². The van der Waals surface area contributed by atoms with Crippen LogP contribution in [0.15, 0.2) is 41.8 Å². The summed E-state index contributed by atoms with van der Waals surface area (Å²) in [5.74, 6) is 0.615. The fourth-order valence-corrected chi connectivity index (χ4v) is 3.42. The van der Waals surface area contributed by atoms with Crippen LogP contribution in [0.25, 0.3) is 0 Å². The van der Waals surface area contributed by atoms with Crippen LogP contribution in [0.3, 0.4) is 0 Å². The zero-order valence-corrected chi connectivity index (χ0v) is 14.3. The quantitative estimate of drug-likeness (QED) is 0.876. The average Bonchev–Trinajstić information content (AvgIpc) is 3.25. The van der Waals surface area contributed by atoms with Gasteiger partial charge in [0.15, 0.2) is 6.61 Å². The largest absolute Gasteiger partial charge is 0.484 e.